The third-order valence-electron chi connectivity index (χ3n) is 4.14. The number of benzene rings is 2. The van der Waals surface area contributed by atoms with Gasteiger partial charge in [-0.3, -0.25) is 9.69 Å². The number of aryl methyl sites for hydroxylation is 2. The maximum absolute atomic E-state index is 13.0. The molecular weight excluding hydrogens is 335 g/mol. The second-order valence-corrected chi connectivity index (χ2v) is 6.89. The zero-order valence-electron chi connectivity index (χ0n) is 13.2. The first kappa shape index (κ1) is 16.9. The first-order valence-corrected chi connectivity index (χ1v) is 8.50. The van der Waals surface area contributed by atoms with E-state index in [1.165, 1.54) is 22.7 Å². The molecule has 0 aliphatic carbocycles. The van der Waals surface area contributed by atoms with Gasteiger partial charge in [0, 0.05) is 5.69 Å². The minimum absolute atomic E-state index is 0.178. The molecule has 0 saturated carbocycles. The number of alkyl halides is 3. The Bertz CT molecular complexity index is 788. The Balaban J connectivity index is 2.01. The van der Waals surface area contributed by atoms with Gasteiger partial charge in [-0.05, 0) is 48.7 Å². The van der Waals surface area contributed by atoms with Crippen molar-refractivity contribution in [3.05, 3.63) is 64.7 Å². The first-order chi connectivity index (χ1) is 11.3. The fourth-order valence-corrected chi connectivity index (χ4v) is 3.87. The van der Waals surface area contributed by atoms with E-state index in [-0.39, 0.29) is 22.7 Å². The largest absolute Gasteiger partial charge is 0.416 e. The number of amides is 1. The molecule has 0 radical (unpaired) electrons. The van der Waals surface area contributed by atoms with E-state index in [1.807, 2.05) is 32.0 Å². The lowest BCUT2D eigenvalue weighted by Crippen LogP contribution is -2.28. The van der Waals surface area contributed by atoms with Crippen LogP contribution in [0.15, 0.2) is 42.5 Å². The van der Waals surface area contributed by atoms with E-state index in [1.54, 1.807) is 6.07 Å². The molecule has 2 nitrogen and oxygen atoms in total. The van der Waals surface area contributed by atoms with Gasteiger partial charge in [0.15, 0.2) is 0 Å². The number of anilines is 1. The molecule has 1 amide bonds. The molecule has 6 heteroatoms. The van der Waals surface area contributed by atoms with Crippen LogP contribution in [0.1, 0.15) is 27.6 Å². The van der Waals surface area contributed by atoms with Gasteiger partial charge in [-0.15, -0.1) is 11.8 Å². The predicted molar refractivity (Wildman–Crippen MR) is 90.0 cm³/mol. The molecule has 0 spiro atoms. The summed E-state index contributed by atoms with van der Waals surface area (Å²) in [6, 6.07) is 10.8. The second kappa shape index (κ2) is 6.16. The van der Waals surface area contributed by atoms with Gasteiger partial charge >= 0.3 is 6.18 Å². The lowest BCUT2D eigenvalue weighted by molar-refractivity contribution is -0.137. The normalized spacial score (nSPS) is 18.3. The molecule has 2 aromatic carbocycles. The van der Waals surface area contributed by atoms with Crippen molar-refractivity contribution in [2.75, 3.05) is 10.7 Å². The first-order valence-electron chi connectivity index (χ1n) is 7.45. The number of hydrogen-bond donors (Lipinski definition) is 0. The van der Waals surface area contributed by atoms with Crippen molar-refractivity contribution in [3.8, 4) is 0 Å². The molecule has 1 heterocycles. The highest BCUT2D eigenvalue weighted by Crippen LogP contribution is 2.43. The Labute approximate surface area is 142 Å². The molecule has 0 aromatic heterocycles. The highest BCUT2D eigenvalue weighted by Gasteiger charge is 2.36. The van der Waals surface area contributed by atoms with Crippen molar-refractivity contribution in [2.24, 2.45) is 0 Å². The van der Waals surface area contributed by atoms with Crippen molar-refractivity contribution in [1.29, 1.82) is 0 Å². The van der Waals surface area contributed by atoms with Crippen molar-refractivity contribution < 1.29 is 18.0 Å². The van der Waals surface area contributed by atoms with Gasteiger partial charge in [0.2, 0.25) is 5.91 Å². The zero-order valence-corrected chi connectivity index (χ0v) is 14.0. The van der Waals surface area contributed by atoms with Gasteiger partial charge in [-0.25, -0.2) is 0 Å². The lowest BCUT2D eigenvalue weighted by atomic mass is 10.1. The number of carbonyl (C=O) groups excluding carboxylic acids is 1. The molecule has 2 aromatic rings. The molecular formula is C18H16F3NOS. The van der Waals surface area contributed by atoms with Crippen LogP contribution in [0.5, 0.6) is 0 Å². The number of thioether (sulfide) groups is 1. The summed E-state index contributed by atoms with van der Waals surface area (Å²) in [6.07, 6.45) is -4.43. The highest BCUT2D eigenvalue weighted by atomic mass is 32.2. The molecule has 1 aliphatic rings. The monoisotopic (exact) mass is 351 g/mol. The molecule has 1 fully saturated rings. The zero-order chi connectivity index (χ0) is 17.5. The summed E-state index contributed by atoms with van der Waals surface area (Å²) in [5.41, 5.74) is 2.69. The number of halogens is 3. The fourth-order valence-electron chi connectivity index (χ4n) is 2.70. The van der Waals surface area contributed by atoms with Gasteiger partial charge < -0.3 is 0 Å². The summed E-state index contributed by atoms with van der Waals surface area (Å²) in [5, 5.41) is -0.305. The molecule has 1 atom stereocenters. The number of hydrogen-bond acceptors (Lipinski definition) is 2. The molecule has 1 saturated heterocycles. The van der Waals surface area contributed by atoms with E-state index < -0.39 is 11.7 Å². The van der Waals surface area contributed by atoms with Gasteiger partial charge in [0.1, 0.15) is 5.37 Å². The van der Waals surface area contributed by atoms with Crippen LogP contribution in [0, 0.1) is 13.8 Å². The van der Waals surface area contributed by atoms with Crippen molar-refractivity contribution in [1.82, 2.24) is 0 Å². The predicted octanol–water partition coefficient (Wildman–Crippen LogP) is 5.10. The lowest BCUT2D eigenvalue weighted by Gasteiger charge is -2.25. The van der Waals surface area contributed by atoms with Crippen LogP contribution in [0.2, 0.25) is 0 Å². The Morgan fingerprint density at radius 1 is 1.08 bits per heavy atom. The summed E-state index contributed by atoms with van der Waals surface area (Å²) in [7, 11) is 0. The molecule has 0 unspecified atom stereocenters. The van der Waals surface area contributed by atoms with Gasteiger partial charge in [-0.2, -0.15) is 13.2 Å². The number of nitrogens with zero attached hydrogens (tertiary/aromatic N) is 1. The van der Waals surface area contributed by atoms with Crippen LogP contribution in [0.3, 0.4) is 0 Å². The van der Waals surface area contributed by atoms with Gasteiger partial charge in [0.25, 0.3) is 0 Å². The minimum atomic E-state index is -4.43. The summed E-state index contributed by atoms with van der Waals surface area (Å²) in [5.74, 6) is 0.0796. The topological polar surface area (TPSA) is 20.3 Å². The van der Waals surface area contributed by atoms with Crippen LogP contribution in [0.25, 0.3) is 0 Å². The maximum Gasteiger partial charge on any atom is 0.416 e. The standard InChI is InChI=1S/C18H16F3NOS/c1-11-6-7-13(8-12(11)2)17-22(16(23)10-24-17)15-5-3-4-14(9-15)18(19,20)21/h3-9,17H,10H2,1-2H3/t17-/m0/s1. The van der Waals surface area contributed by atoms with Crippen LogP contribution in [-0.2, 0) is 11.0 Å². The number of rotatable bonds is 2. The quantitative estimate of drug-likeness (QED) is 0.750. The summed E-state index contributed by atoms with van der Waals surface area (Å²) >= 11 is 1.43. The number of carbonyl (C=O) groups is 1. The molecule has 1 aliphatic heterocycles. The summed E-state index contributed by atoms with van der Waals surface area (Å²) in [6.45, 7) is 3.98. The van der Waals surface area contributed by atoms with Crippen LogP contribution in [0.4, 0.5) is 18.9 Å². The fraction of sp³-hybridized carbons (Fsp3) is 0.278. The minimum Gasteiger partial charge on any atom is -0.295 e. The third-order valence-corrected chi connectivity index (χ3v) is 5.35. The van der Waals surface area contributed by atoms with E-state index in [0.717, 1.165) is 28.8 Å². The smallest absolute Gasteiger partial charge is 0.295 e. The van der Waals surface area contributed by atoms with Gasteiger partial charge in [0.05, 0.1) is 11.3 Å². The van der Waals surface area contributed by atoms with E-state index in [2.05, 4.69) is 0 Å². The molecule has 24 heavy (non-hydrogen) atoms. The summed E-state index contributed by atoms with van der Waals surface area (Å²) in [4.78, 5) is 13.8. The van der Waals surface area contributed by atoms with Gasteiger partial charge in [-0.1, -0.05) is 24.3 Å². The summed E-state index contributed by atoms with van der Waals surface area (Å²) < 4.78 is 38.9. The Morgan fingerprint density at radius 2 is 1.83 bits per heavy atom. The van der Waals surface area contributed by atoms with Crippen molar-refractivity contribution >= 4 is 23.4 Å². The average Bonchev–Trinajstić information content (AvgIpc) is 2.91. The van der Waals surface area contributed by atoms with Crippen LogP contribution in [-0.4, -0.2) is 11.7 Å². The van der Waals surface area contributed by atoms with Crippen molar-refractivity contribution in [3.63, 3.8) is 0 Å². The molecule has 126 valence electrons. The van der Waals surface area contributed by atoms with Crippen LogP contribution >= 0.6 is 11.8 Å². The average molecular weight is 351 g/mol. The SMILES string of the molecule is Cc1ccc([C@@H]2SCC(=O)N2c2cccc(C(F)(F)F)c2)cc1C. The molecule has 0 bridgehead atoms. The van der Waals surface area contributed by atoms with E-state index >= 15 is 0 Å². The Hall–Kier alpha value is -1.95. The van der Waals surface area contributed by atoms with Crippen molar-refractivity contribution in [2.45, 2.75) is 25.4 Å². The molecule has 3 rings (SSSR count). The highest BCUT2D eigenvalue weighted by molar-refractivity contribution is 8.00. The molecule has 0 N–H and O–H groups in total. The van der Waals surface area contributed by atoms with Crippen LogP contribution < -0.4 is 4.90 Å². The Kier molecular flexibility index (Phi) is 4.34. The van der Waals surface area contributed by atoms with E-state index in [0.29, 0.717) is 0 Å². The Morgan fingerprint density at radius 3 is 2.50 bits per heavy atom. The van der Waals surface area contributed by atoms with E-state index in [4.69, 9.17) is 0 Å². The third kappa shape index (κ3) is 3.15. The second-order valence-electron chi connectivity index (χ2n) is 5.82. The maximum atomic E-state index is 13.0. The van der Waals surface area contributed by atoms with E-state index in [9.17, 15) is 18.0 Å².